The van der Waals surface area contributed by atoms with Gasteiger partial charge >= 0.3 is 0 Å². The van der Waals surface area contributed by atoms with Crippen LogP contribution in [0.2, 0.25) is 0 Å². The Morgan fingerprint density at radius 2 is 2.09 bits per heavy atom. The summed E-state index contributed by atoms with van der Waals surface area (Å²) in [7, 11) is 2.06. The number of rotatable bonds is 5. The number of nitrogens with one attached hydrogen (secondary N) is 1. The number of carbonyl (C=O) groups is 1. The Hall–Kier alpha value is -1.79. The van der Waals surface area contributed by atoms with Gasteiger partial charge in [0.05, 0.1) is 5.92 Å². The van der Waals surface area contributed by atoms with Gasteiger partial charge < -0.3 is 10.2 Å². The molecule has 1 amide bonds. The Bertz CT molecular complexity index is 658. The Morgan fingerprint density at radius 3 is 2.83 bits per heavy atom. The summed E-state index contributed by atoms with van der Waals surface area (Å²) in [5.74, 6) is 0.215. The van der Waals surface area contributed by atoms with E-state index in [1.165, 1.54) is 16.9 Å². The fourth-order valence-electron chi connectivity index (χ4n) is 3.12. The molecule has 122 valence electrons. The van der Waals surface area contributed by atoms with Crippen molar-refractivity contribution in [2.75, 3.05) is 25.5 Å². The molecule has 0 spiro atoms. The quantitative estimate of drug-likeness (QED) is 0.916. The van der Waals surface area contributed by atoms with E-state index in [0.717, 1.165) is 30.9 Å². The summed E-state index contributed by atoms with van der Waals surface area (Å²) < 4.78 is 0. The highest BCUT2D eigenvalue weighted by Gasteiger charge is 2.37. The summed E-state index contributed by atoms with van der Waals surface area (Å²) in [6.07, 6.45) is 1.94. The van der Waals surface area contributed by atoms with Crippen LogP contribution in [0.5, 0.6) is 0 Å². The third kappa shape index (κ3) is 3.76. The lowest BCUT2D eigenvalue weighted by Gasteiger charge is -2.17. The number of carbonyl (C=O) groups excluding carboxylic acids is 1. The van der Waals surface area contributed by atoms with Crippen molar-refractivity contribution in [2.24, 2.45) is 5.92 Å². The topological polar surface area (TPSA) is 58.1 Å². The lowest BCUT2D eigenvalue weighted by molar-refractivity contribution is -0.119. The largest absolute Gasteiger partial charge is 0.305 e. The van der Waals surface area contributed by atoms with Gasteiger partial charge in [0.25, 0.3) is 0 Å². The van der Waals surface area contributed by atoms with Gasteiger partial charge in [-0.15, -0.1) is 10.2 Å². The molecule has 1 aromatic carbocycles. The number of likely N-dealkylation sites (tertiary alicyclic amines) is 1. The molecular formula is C17H22N4OS. The first-order valence-corrected chi connectivity index (χ1v) is 8.85. The molecule has 0 radical (unpaired) electrons. The fraction of sp³-hybridized carbons (Fsp3) is 0.471. The summed E-state index contributed by atoms with van der Waals surface area (Å²) in [5, 5.41) is 12.8. The van der Waals surface area contributed by atoms with Gasteiger partial charge in [0.2, 0.25) is 11.0 Å². The van der Waals surface area contributed by atoms with Crippen molar-refractivity contribution in [3.8, 4) is 0 Å². The summed E-state index contributed by atoms with van der Waals surface area (Å²) in [5.41, 5.74) is 1.22. The predicted octanol–water partition coefficient (Wildman–Crippen LogP) is 2.77. The van der Waals surface area contributed by atoms with Crippen LogP contribution in [0.4, 0.5) is 5.13 Å². The number of aromatic nitrogens is 2. The molecule has 1 N–H and O–H groups in total. The third-order valence-corrected chi connectivity index (χ3v) is 5.13. The van der Waals surface area contributed by atoms with E-state index in [1.807, 2.05) is 18.2 Å². The molecule has 2 aromatic rings. The molecule has 0 saturated carbocycles. The van der Waals surface area contributed by atoms with Crippen LogP contribution in [0.15, 0.2) is 30.3 Å². The van der Waals surface area contributed by atoms with Gasteiger partial charge in [-0.05, 0) is 19.0 Å². The molecule has 2 heterocycles. The zero-order valence-corrected chi connectivity index (χ0v) is 14.3. The fourth-order valence-corrected chi connectivity index (χ4v) is 3.97. The molecule has 1 aliphatic rings. The van der Waals surface area contributed by atoms with E-state index in [-0.39, 0.29) is 17.7 Å². The normalized spacial score (nSPS) is 21.5. The second kappa shape index (κ2) is 7.19. The van der Waals surface area contributed by atoms with Crippen molar-refractivity contribution in [3.63, 3.8) is 0 Å². The van der Waals surface area contributed by atoms with Crippen LogP contribution in [0.1, 0.15) is 29.8 Å². The van der Waals surface area contributed by atoms with E-state index in [1.54, 1.807) is 0 Å². The summed E-state index contributed by atoms with van der Waals surface area (Å²) in [4.78, 5) is 14.9. The Labute approximate surface area is 140 Å². The van der Waals surface area contributed by atoms with E-state index in [9.17, 15) is 4.79 Å². The van der Waals surface area contributed by atoms with Gasteiger partial charge in [-0.1, -0.05) is 48.6 Å². The molecule has 0 bridgehead atoms. The number of hydrogen-bond donors (Lipinski definition) is 1. The molecular weight excluding hydrogens is 308 g/mol. The van der Waals surface area contributed by atoms with Crippen molar-refractivity contribution >= 4 is 22.4 Å². The molecule has 3 rings (SSSR count). The van der Waals surface area contributed by atoms with Crippen molar-refractivity contribution in [3.05, 3.63) is 40.9 Å². The SMILES string of the molecule is CCCc1nnc(NC(=O)[C@H]2CN(C)C[C@H]2c2ccccc2)s1. The highest BCUT2D eigenvalue weighted by Crippen LogP contribution is 2.33. The molecule has 1 aliphatic heterocycles. The Kier molecular flexibility index (Phi) is 5.03. The van der Waals surface area contributed by atoms with Crippen LogP contribution in [0.25, 0.3) is 0 Å². The zero-order chi connectivity index (χ0) is 16.2. The van der Waals surface area contributed by atoms with Crippen molar-refractivity contribution < 1.29 is 4.79 Å². The number of aryl methyl sites for hydroxylation is 1. The van der Waals surface area contributed by atoms with E-state index < -0.39 is 0 Å². The minimum Gasteiger partial charge on any atom is -0.305 e. The maximum Gasteiger partial charge on any atom is 0.231 e. The maximum absolute atomic E-state index is 12.7. The van der Waals surface area contributed by atoms with Crippen molar-refractivity contribution in [1.82, 2.24) is 15.1 Å². The van der Waals surface area contributed by atoms with E-state index in [2.05, 4.69) is 46.5 Å². The number of anilines is 1. The summed E-state index contributed by atoms with van der Waals surface area (Å²) in [6.45, 7) is 3.78. The second-order valence-corrected chi connectivity index (χ2v) is 7.15. The highest BCUT2D eigenvalue weighted by atomic mass is 32.1. The van der Waals surface area contributed by atoms with Crippen molar-refractivity contribution in [2.45, 2.75) is 25.7 Å². The number of hydrogen-bond acceptors (Lipinski definition) is 5. The number of likely N-dealkylation sites (N-methyl/N-ethyl adjacent to an activating group) is 1. The van der Waals surface area contributed by atoms with Gasteiger partial charge in [0.15, 0.2) is 0 Å². The standard InChI is InChI=1S/C17H22N4OS/c1-3-7-15-19-20-17(23-15)18-16(22)14-11-21(2)10-13(14)12-8-5-4-6-9-12/h4-6,8-9,13-14H,3,7,10-11H2,1-2H3,(H,18,20,22)/t13-,14-/m0/s1. The smallest absolute Gasteiger partial charge is 0.231 e. The second-order valence-electron chi connectivity index (χ2n) is 6.09. The zero-order valence-electron chi connectivity index (χ0n) is 13.5. The molecule has 6 heteroatoms. The van der Waals surface area contributed by atoms with Gasteiger partial charge in [-0.2, -0.15) is 0 Å². The van der Waals surface area contributed by atoms with Crippen LogP contribution in [0, 0.1) is 5.92 Å². The maximum atomic E-state index is 12.7. The van der Waals surface area contributed by atoms with Crippen LogP contribution in [-0.4, -0.2) is 41.1 Å². The van der Waals surface area contributed by atoms with Crippen LogP contribution < -0.4 is 5.32 Å². The molecule has 1 aromatic heterocycles. The van der Waals surface area contributed by atoms with E-state index >= 15 is 0 Å². The summed E-state index contributed by atoms with van der Waals surface area (Å²) >= 11 is 1.47. The molecule has 0 aliphatic carbocycles. The number of nitrogens with zero attached hydrogens (tertiary/aromatic N) is 3. The van der Waals surface area contributed by atoms with Crippen LogP contribution >= 0.6 is 11.3 Å². The van der Waals surface area contributed by atoms with Crippen molar-refractivity contribution in [1.29, 1.82) is 0 Å². The molecule has 0 unspecified atom stereocenters. The average molecular weight is 330 g/mol. The monoisotopic (exact) mass is 330 g/mol. The molecule has 1 saturated heterocycles. The number of amides is 1. The Balaban J connectivity index is 1.71. The minimum absolute atomic E-state index is 0.0439. The molecule has 1 fully saturated rings. The molecule has 5 nitrogen and oxygen atoms in total. The van der Waals surface area contributed by atoms with Crippen LogP contribution in [0.3, 0.4) is 0 Å². The third-order valence-electron chi connectivity index (χ3n) is 4.23. The Morgan fingerprint density at radius 1 is 1.30 bits per heavy atom. The van der Waals surface area contributed by atoms with Crippen LogP contribution in [-0.2, 0) is 11.2 Å². The van der Waals surface area contributed by atoms with Gasteiger partial charge in [-0.3, -0.25) is 4.79 Å². The minimum atomic E-state index is -0.0547. The lowest BCUT2D eigenvalue weighted by Crippen LogP contribution is -2.28. The first-order chi connectivity index (χ1) is 11.2. The number of benzene rings is 1. The van der Waals surface area contributed by atoms with E-state index in [4.69, 9.17) is 0 Å². The molecule has 23 heavy (non-hydrogen) atoms. The first-order valence-electron chi connectivity index (χ1n) is 8.04. The lowest BCUT2D eigenvalue weighted by atomic mass is 9.88. The highest BCUT2D eigenvalue weighted by molar-refractivity contribution is 7.15. The van der Waals surface area contributed by atoms with Gasteiger partial charge in [0, 0.05) is 25.4 Å². The molecule has 2 atom stereocenters. The average Bonchev–Trinajstić information content (AvgIpc) is 3.15. The predicted molar refractivity (Wildman–Crippen MR) is 92.7 cm³/mol. The van der Waals surface area contributed by atoms with E-state index in [0.29, 0.717) is 5.13 Å². The van der Waals surface area contributed by atoms with Gasteiger partial charge in [0.1, 0.15) is 5.01 Å². The van der Waals surface area contributed by atoms with Gasteiger partial charge in [-0.25, -0.2) is 0 Å². The first kappa shape index (κ1) is 16.1. The summed E-state index contributed by atoms with van der Waals surface area (Å²) in [6, 6.07) is 10.3.